The van der Waals surface area contributed by atoms with Gasteiger partial charge in [0.05, 0.1) is 17.0 Å². The van der Waals surface area contributed by atoms with Crippen LogP contribution >= 0.6 is 0 Å². The number of phenolic OH excluding ortho intramolecular Hbond substituents is 1. The van der Waals surface area contributed by atoms with Gasteiger partial charge in [0.15, 0.2) is 0 Å². The second-order valence-corrected chi connectivity index (χ2v) is 4.05. The summed E-state index contributed by atoms with van der Waals surface area (Å²) in [6, 6.07) is 15.8. The molecule has 18 heavy (non-hydrogen) atoms. The molecule has 0 radical (unpaired) electrons. The summed E-state index contributed by atoms with van der Waals surface area (Å²) in [5.41, 5.74) is 1.33. The van der Waals surface area contributed by atoms with Crippen LogP contribution in [0, 0.1) is 0 Å². The van der Waals surface area contributed by atoms with Gasteiger partial charge in [-0.1, -0.05) is 18.2 Å². The third-order valence-corrected chi connectivity index (χ3v) is 2.77. The van der Waals surface area contributed by atoms with Crippen LogP contribution in [-0.2, 0) is 0 Å². The molecule has 1 heterocycles. The highest BCUT2D eigenvalue weighted by atomic mass is 16.4. The van der Waals surface area contributed by atoms with E-state index in [1.807, 2.05) is 30.3 Å². The molecule has 0 unspecified atom stereocenters. The lowest BCUT2D eigenvalue weighted by Crippen LogP contribution is -1.81. The number of rotatable bonds is 1. The van der Waals surface area contributed by atoms with E-state index in [4.69, 9.17) is 4.42 Å². The van der Waals surface area contributed by atoms with Crippen LogP contribution in [0.25, 0.3) is 22.3 Å². The minimum Gasteiger partial charge on any atom is -0.508 e. The summed E-state index contributed by atoms with van der Waals surface area (Å²) < 4.78 is 5.65. The van der Waals surface area contributed by atoms with Crippen LogP contribution in [0.4, 0.5) is 0 Å². The number of benzene rings is 2. The molecule has 0 saturated carbocycles. The van der Waals surface area contributed by atoms with Gasteiger partial charge in [0.2, 0.25) is 5.75 Å². The monoisotopic (exact) mass is 239 g/mol. The molecule has 3 nitrogen and oxygen atoms in total. The first kappa shape index (κ1) is 10.6. The Balaban J connectivity index is 2.27. The maximum Gasteiger partial charge on any atom is 0.401 e. The van der Waals surface area contributed by atoms with Crippen molar-refractivity contribution >= 4 is 11.0 Å². The molecule has 1 aromatic heterocycles. The van der Waals surface area contributed by atoms with E-state index in [-0.39, 0.29) is 11.5 Å². The van der Waals surface area contributed by atoms with Crippen LogP contribution < -0.4 is 0 Å². The van der Waals surface area contributed by atoms with E-state index >= 15 is 0 Å². The first-order valence-electron chi connectivity index (χ1n) is 5.58. The maximum absolute atomic E-state index is 9.98. The van der Waals surface area contributed by atoms with Crippen LogP contribution in [-0.4, -0.2) is 10.2 Å². The van der Waals surface area contributed by atoms with Gasteiger partial charge >= 0.3 is 11.3 Å². The van der Waals surface area contributed by atoms with E-state index in [1.54, 1.807) is 18.2 Å². The van der Waals surface area contributed by atoms with Gasteiger partial charge in [0.1, 0.15) is 5.75 Å². The van der Waals surface area contributed by atoms with Gasteiger partial charge in [-0.15, -0.1) is 0 Å². The Morgan fingerprint density at radius 3 is 2.39 bits per heavy atom. The summed E-state index contributed by atoms with van der Waals surface area (Å²) in [7, 11) is 0. The Bertz CT molecular complexity index is 706. The van der Waals surface area contributed by atoms with Crippen LogP contribution in [0.5, 0.6) is 11.5 Å². The first-order valence-corrected chi connectivity index (χ1v) is 5.58. The SMILES string of the molecule is Oc1ccc2cc(O)c(-c3ccccc3)[o+]c2c1. The average molecular weight is 239 g/mol. The lowest BCUT2D eigenvalue weighted by atomic mass is 10.1. The molecule has 0 aliphatic carbocycles. The Labute approximate surface area is 104 Å². The molecular formula is C15H11O3+. The first-order chi connectivity index (χ1) is 8.74. The minimum atomic E-state index is 0.0828. The highest BCUT2D eigenvalue weighted by molar-refractivity contribution is 5.82. The Morgan fingerprint density at radius 1 is 0.833 bits per heavy atom. The molecule has 0 fully saturated rings. The molecule has 0 aliphatic rings. The third kappa shape index (κ3) is 1.76. The summed E-state index contributed by atoms with van der Waals surface area (Å²) in [6.45, 7) is 0. The zero-order valence-electron chi connectivity index (χ0n) is 9.50. The number of phenols is 1. The minimum absolute atomic E-state index is 0.0828. The van der Waals surface area contributed by atoms with Gasteiger partial charge in [-0.05, 0) is 24.3 Å². The molecule has 2 aromatic carbocycles. The number of fused-ring (bicyclic) bond motifs is 1. The topological polar surface area (TPSA) is 51.8 Å². The molecule has 3 aromatic rings. The summed E-state index contributed by atoms with van der Waals surface area (Å²) in [5, 5.41) is 20.2. The predicted molar refractivity (Wildman–Crippen MR) is 69.4 cm³/mol. The van der Waals surface area contributed by atoms with E-state index in [1.165, 1.54) is 6.07 Å². The van der Waals surface area contributed by atoms with Crippen LogP contribution in [0.1, 0.15) is 0 Å². The zero-order valence-corrected chi connectivity index (χ0v) is 9.50. The fraction of sp³-hybridized carbons (Fsp3) is 0. The average Bonchev–Trinajstić information content (AvgIpc) is 2.39. The molecule has 88 valence electrons. The highest BCUT2D eigenvalue weighted by Crippen LogP contribution is 2.34. The summed E-state index contributed by atoms with van der Waals surface area (Å²) >= 11 is 0. The second kappa shape index (κ2) is 4.04. The van der Waals surface area contributed by atoms with Crippen molar-refractivity contribution in [3.63, 3.8) is 0 Å². The molecule has 0 atom stereocenters. The molecule has 0 bridgehead atoms. The summed E-state index contributed by atoms with van der Waals surface area (Å²) in [6.07, 6.45) is 0. The van der Waals surface area contributed by atoms with Crippen molar-refractivity contribution in [3.8, 4) is 22.8 Å². The van der Waals surface area contributed by atoms with Gasteiger partial charge in [-0.25, -0.2) is 4.42 Å². The van der Waals surface area contributed by atoms with Gasteiger partial charge in [-0.3, -0.25) is 0 Å². The standard InChI is InChI=1S/C15H10O3/c16-12-7-6-11-8-13(17)15(18-14(11)9-12)10-4-2-1-3-5-10/h1-9H,(H-,16,17)/p+1. The Kier molecular flexibility index (Phi) is 2.38. The van der Waals surface area contributed by atoms with Crippen LogP contribution in [0.15, 0.2) is 59.0 Å². The van der Waals surface area contributed by atoms with Crippen molar-refractivity contribution in [1.29, 1.82) is 0 Å². The van der Waals surface area contributed by atoms with Crippen molar-refractivity contribution in [3.05, 3.63) is 54.6 Å². The third-order valence-electron chi connectivity index (χ3n) is 2.77. The van der Waals surface area contributed by atoms with Crippen molar-refractivity contribution in [2.75, 3.05) is 0 Å². The molecule has 3 rings (SSSR count). The van der Waals surface area contributed by atoms with E-state index < -0.39 is 0 Å². The van der Waals surface area contributed by atoms with Crippen molar-refractivity contribution in [2.45, 2.75) is 0 Å². The largest absolute Gasteiger partial charge is 0.508 e. The maximum atomic E-state index is 9.98. The number of aromatic hydroxyl groups is 2. The molecule has 0 saturated heterocycles. The quantitative estimate of drug-likeness (QED) is 0.635. The zero-order chi connectivity index (χ0) is 12.5. The van der Waals surface area contributed by atoms with Gasteiger partial charge in [-0.2, -0.15) is 0 Å². The lowest BCUT2D eigenvalue weighted by molar-refractivity contribution is 0.451. The smallest absolute Gasteiger partial charge is 0.401 e. The predicted octanol–water partition coefficient (Wildman–Crippen LogP) is 3.79. The Morgan fingerprint density at radius 2 is 1.61 bits per heavy atom. The summed E-state index contributed by atoms with van der Waals surface area (Å²) in [5.74, 6) is 0.615. The van der Waals surface area contributed by atoms with E-state index in [0.29, 0.717) is 11.3 Å². The van der Waals surface area contributed by atoms with Crippen molar-refractivity contribution < 1.29 is 14.6 Å². The molecule has 0 spiro atoms. The van der Waals surface area contributed by atoms with Crippen molar-refractivity contribution in [1.82, 2.24) is 0 Å². The van der Waals surface area contributed by atoms with Crippen molar-refractivity contribution in [2.24, 2.45) is 0 Å². The number of hydrogen-bond acceptors (Lipinski definition) is 2. The normalized spacial score (nSPS) is 10.7. The summed E-state index contributed by atoms with van der Waals surface area (Å²) in [4.78, 5) is 0. The van der Waals surface area contributed by atoms with E-state index in [2.05, 4.69) is 0 Å². The van der Waals surface area contributed by atoms with E-state index in [0.717, 1.165) is 10.9 Å². The van der Waals surface area contributed by atoms with Gasteiger partial charge in [0.25, 0.3) is 0 Å². The van der Waals surface area contributed by atoms with Gasteiger partial charge < -0.3 is 10.2 Å². The number of hydrogen-bond donors (Lipinski definition) is 2. The lowest BCUT2D eigenvalue weighted by Gasteiger charge is -1.96. The van der Waals surface area contributed by atoms with Gasteiger partial charge in [0, 0.05) is 6.07 Å². The molecule has 0 aliphatic heterocycles. The second-order valence-electron chi connectivity index (χ2n) is 4.05. The fourth-order valence-corrected chi connectivity index (χ4v) is 1.90. The highest BCUT2D eigenvalue weighted by Gasteiger charge is 2.21. The Hall–Kier alpha value is -2.55. The fourth-order valence-electron chi connectivity index (χ4n) is 1.90. The molecule has 3 heteroatoms. The molecule has 2 N–H and O–H groups in total. The molecule has 0 amide bonds. The van der Waals surface area contributed by atoms with E-state index in [9.17, 15) is 10.2 Å². The van der Waals surface area contributed by atoms with Crippen LogP contribution in [0.2, 0.25) is 0 Å². The van der Waals surface area contributed by atoms with Crippen LogP contribution in [0.3, 0.4) is 0 Å². The molecular weight excluding hydrogens is 228 g/mol.